The second-order valence-corrected chi connectivity index (χ2v) is 14.0. The highest BCUT2D eigenvalue weighted by molar-refractivity contribution is 6.10. The zero-order chi connectivity index (χ0) is 30.5. The lowest BCUT2D eigenvalue weighted by Crippen LogP contribution is -2.18. The minimum absolute atomic E-state index is 0.0335. The molecule has 1 nitrogen and oxygen atoms in total. The van der Waals surface area contributed by atoms with Crippen molar-refractivity contribution < 1.29 is 0 Å². The molecule has 0 atom stereocenters. The fourth-order valence-electron chi connectivity index (χ4n) is 8.20. The van der Waals surface area contributed by atoms with Gasteiger partial charge in [0.05, 0.1) is 5.69 Å². The first-order chi connectivity index (χ1) is 21.1. The van der Waals surface area contributed by atoms with Gasteiger partial charge in [-0.15, -0.1) is 0 Å². The lowest BCUT2D eigenvalue weighted by Gasteiger charge is -2.32. The summed E-state index contributed by atoms with van der Waals surface area (Å²) in [4.78, 5) is 2.51. The number of anilines is 3. The van der Waals surface area contributed by atoms with Crippen molar-refractivity contribution in [1.82, 2.24) is 0 Å². The molecule has 1 heteroatoms. The first kappa shape index (κ1) is 27.0. The van der Waals surface area contributed by atoms with Gasteiger partial charge in [-0.2, -0.15) is 0 Å². The van der Waals surface area contributed by atoms with Crippen molar-refractivity contribution in [2.45, 2.75) is 59.3 Å². The van der Waals surface area contributed by atoms with Crippen molar-refractivity contribution >= 4 is 27.8 Å². The van der Waals surface area contributed by atoms with E-state index in [9.17, 15) is 0 Å². The molecule has 0 aromatic heterocycles. The molecule has 6 aromatic rings. The van der Waals surface area contributed by atoms with Crippen molar-refractivity contribution in [3.05, 3.63) is 148 Å². The van der Waals surface area contributed by atoms with Crippen molar-refractivity contribution in [2.24, 2.45) is 0 Å². The van der Waals surface area contributed by atoms with Gasteiger partial charge in [0, 0.05) is 27.6 Å². The van der Waals surface area contributed by atoms with Crippen molar-refractivity contribution in [3.63, 3.8) is 0 Å². The first-order valence-electron chi connectivity index (χ1n) is 15.9. The summed E-state index contributed by atoms with van der Waals surface area (Å²) in [6.07, 6.45) is 0. The zero-order valence-electron chi connectivity index (χ0n) is 26.8. The minimum Gasteiger partial charge on any atom is -0.309 e. The van der Waals surface area contributed by atoms with Crippen LogP contribution in [0.5, 0.6) is 0 Å². The predicted octanol–water partition coefficient (Wildman–Crippen LogP) is 11.8. The molecule has 0 saturated carbocycles. The van der Waals surface area contributed by atoms with Gasteiger partial charge in [-0.05, 0) is 112 Å². The molecule has 0 N–H and O–H groups in total. The van der Waals surface area contributed by atoms with Crippen LogP contribution in [0.2, 0.25) is 0 Å². The highest BCUT2D eigenvalue weighted by atomic mass is 15.1. The average molecular weight is 570 g/mol. The van der Waals surface area contributed by atoms with E-state index in [0.717, 1.165) is 0 Å². The Balaban J connectivity index is 1.44. The Labute approximate surface area is 261 Å². The summed E-state index contributed by atoms with van der Waals surface area (Å²) in [6, 6.07) is 41.2. The van der Waals surface area contributed by atoms with Gasteiger partial charge in [-0.3, -0.25) is 0 Å². The van der Waals surface area contributed by atoms with E-state index in [1.807, 2.05) is 0 Å². The molecular weight excluding hydrogens is 530 g/mol. The SMILES string of the molecule is Cc1ccc(N(c2ccccc2C)c2cc3c(c4ccccc24)-c2cc4c(cc2C3(C)C)-c2ccccc2C4(C)C)c(C)c1. The smallest absolute Gasteiger partial charge is 0.0543 e. The fraction of sp³-hybridized carbons (Fsp3) is 0.209. The molecule has 0 spiro atoms. The molecule has 8 rings (SSSR count). The van der Waals surface area contributed by atoms with Gasteiger partial charge in [0.15, 0.2) is 0 Å². The van der Waals surface area contributed by atoms with Crippen LogP contribution in [0.25, 0.3) is 33.0 Å². The average Bonchev–Trinajstić information content (AvgIpc) is 3.37. The van der Waals surface area contributed by atoms with Crippen LogP contribution in [0, 0.1) is 20.8 Å². The molecule has 0 radical (unpaired) electrons. The molecule has 2 aliphatic carbocycles. The molecule has 0 aliphatic heterocycles. The number of nitrogens with zero attached hydrogens (tertiary/aromatic N) is 1. The second kappa shape index (κ2) is 9.19. The Morgan fingerprint density at radius 1 is 0.432 bits per heavy atom. The van der Waals surface area contributed by atoms with Crippen LogP contribution in [-0.4, -0.2) is 0 Å². The molecule has 216 valence electrons. The summed E-state index contributed by atoms with van der Waals surface area (Å²) in [7, 11) is 0. The number of hydrogen-bond donors (Lipinski definition) is 0. The summed E-state index contributed by atoms with van der Waals surface area (Å²) in [5.74, 6) is 0. The van der Waals surface area contributed by atoms with Crippen LogP contribution in [-0.2, 0) is 10.8 Å². The van der Waals surface area contributed by atoms with Gasteiger partial charge < -0.3 is 4.90 Å². The van der Waals surface area contributed by atoms with E-state index in [0.29, 0.717) is 0 Å². The van der Waals surface area contributed by atoms with Gasteiger partial charge in [-0.1, -0.05) is 112 Å². The van der Waals surface area contributed by atoms with E-state index >= 15 is 0 Å². The molecule has 0 bridgehead atoms. The standard InChI is InChI=1S/C43H39N/c1-26-20-21-39(28(3)22-26)44(38-19-13-8-14-27(38)2)40-25-37-41(31-17-10-9-16-30(31)40)33-24-35-32(23-36(33)43(37,6)7)29-15-11-12-18-34(29)42(35,4)5/h8-25H,1-7H3. The third-order valence-corrected chi connectivity index (χ3v) is 10.6. The third-order valence-electron chi connectivity index (χ3n) is 10.6. The third kappa shape index (κ3) is 3.59. The van der Waals surface area contributed by atoms with Crippen LogP contribution in [0.1, 0.15) is 66.6 Å². The van der Waals surface area contributed by atoms with Crippen molar-refractivity contribution in [2.75, 3.05) is 4.90 Å². The summed E-state index contributed by atoms with van der Waals surface area (Å²) < 4.78 is 0. The summed E-state index contributed by atoms with van der Waals surface area (Å²) in [5, 5.41) is 2.60. The van der Waals surface area contributed by atoms with E-state index in [1.54, 1.807) is 0 Å². The lowest BCUT2D eigenvalue weighted by atomic mass is 9.79. The van der Waals surface area contributed by atoms with Gasteiger partial charge in [-0.25, -0.2) is 0 Å². The lowest BCUT2D eigenvalue weighted by molar-refractivity contribution is 0.652. The zero-order valence-corrected chi connectivity index (χ0v) is 26.8. The maximum atomic E-state index is 2.54. The van der Waals surface area contributed by atoms with E-state index < -0.39 is 0 Å². The van der Waals surface area contributed by atoms with Crippen LogP contribution in [0.3, 0.4) is 0 Å². The fourth-order valence-corrected chi connectivity index (χ4v) is 8.20. The van der Waals surface area contributed by atoms with E-state index in [2.05, 4.69) is 163 Å². The molecule has 6 aromatic carbocycles. The molecule has 44 heavy (non-hydrogen) atoms. The van der Waals surface area contributed by atoms with Gasteiger partial charge in [0.1, 0.15) is 0 Å². The number of fused-ring (bicyclic) bond motifs is 8. The molecular formula is C43H39N. The number of rotatable bonds is 3. The molecule has 0 heterocycles. The van der Waals surface area contributed by atoms with Crippen LogP contribution in [0.4, 0.5) is 17.1 Å². The van der Waals surface area contributed by atoms with E-state index in [1.165, 1.54) is 89.0 Å². The monoisotopic (exact) mass is 569 g/mol. The molecule has 0 fully saturated rings. The Morgan fingerprint density at radius 2 is 1.05 bits per heavy atom. The Kier molecular flexibility index (Phi) is 5.63. The van der Waals surface area contributed by atoms with E-state index in [-0.39, 0.29) is 10.8 Å². The number of aryl methyl sites for hydroxylation is 3. The Bertz CT molecular complexity index is 2160. The van der Waals surface area contributed by atoms with E-state index in [4.69, 9.17) is 0 Å². The first-order valence-corrected chi connectivity index (χ1v) is 15.9. The van der Waals surface area contributed by atoms with Gasteiger partial charge >= 0.3 is 0 Å². The normalized spacial score (nSPS) is 15.1. The maximum absolute atomic E-state index is 2.54. The Morgan fingerprint density at radius 3 is 1.82 bits per heavy atom. The highest BCUT2D eigenvalue weighted by Crippen LogP contribution is 2.58. The Hall–Kier alpha value is -4.62. The quantitative estimate of drug-likeness (QED) is 0.205. The predicted molar refractivity (Wildman–Crippen MR) is 188 cm³/mol. The molecule has 2 aliphatic rings. The topological polar surface area (TPSA) is 3.24 Å². The number of hydrogen-bond acceptors (Lipinski definition) is 1. The van der Waals surface area contributed by atoms with Crippen LogP contribution in [0.15, 0.2) is 109 Å². The molecule has 0 saturated heterocycles. The molecule has 0 unspecified atom stereocenters. The largest absolute Gasteiger partial charge is 0.309 e. The number of para-hydroxylation sites is 1. The highest BCUT2D eigenvalue weighted by Gasteiger charge is 2.42. The number of benzene rings is 6. The maximum Gasteiger partial charge on any atom is 0.0543 e. The summed E-state index contributed by atoms with van der Waals surface area (Å²) >= 11 is 0. The van der Waals surface area contributed by atoms with Gasteiger partial charge in [0.25, 0.3) is 0 Å². The van der Waals surface area contributed by atoms with Crippen LogP contribution >= 0.6 is 0 Å². The van der Waals surface area contributed by atoms with Gasteiger partial charge in [0.2, 0.25) is 0 Å². The van der Waals surface area contributed by atoms with Crippen molar-refractivity contribution in [1.29, 1.82) is 0 Å². The second-order valence-electron chi connectivity index (χ2n) is 14.0. The minimum atomic E-state index is -0.153. The molecule has 0 amide bonds. The summed E-state index contributed by atoms with van der Waals surface area (Å²) in [6.45, 7) is 16.3. The summed E-state index contributed by atoms with van der Waals surface area (Å²) in [5.41, 5.74) is 18.6. The van der Waals surface area contributed by atoms with Crippen LogP contribution < -0.4 is 4.90 Å². The van der Waals surface area contributed by atoms with Crippen molar-refractivity contribution in [3.8, 4) is 22.3 Å².